The van der Waals surface area contributed by atoms with Gasteiger partial charge < -0.3 is 0 Å². The Labute approximate surface area is 176 Å². The van der Waals surface area contributed by atoms with Crippen LogP contribution in [0.3, 0.4) is 0 Å². The number of nitro groups is 1. The van der Waals surface area contributed by atoms with Crippen molar-refractivity contribution in [3.8, 4) is 0 Å². The third kappa shape index (κ3) is 4.14. The smallest absolute Gasteiger partial charge is 0.279 e. The Kier molecular flexibility index (Phi) is 5.20. The molecule has 156 valence electrons. The molecule has 0 saturated heterocycles. The predicted molar refractivity (Wildman–Crippen MR) is 110 cm³/mol. The van der Waals surface area contributed by atoms with Crippen molar-refractivity contribution >= 4 is 33.2 Å². The van der Waals surface area contributed by atoms with E-state index in [2.05, 4.69) is 20.2 Å². The summed E-state index contributed by atoms with van der Waals surface area (Å²) in [5.41, 5.74) is 1.85. The van der Waals surface area contributed by atoms with Crippen LogP contribution in [0.2, 0.25) is 0 Å². The van der Waals surface area contributed by atoms with Crippen molar-refractivity contribution in [1.82, 2.24) is 20.2 Å². The third-order valence-electron chi connectivity index (χ3n) is 4.62. The lowest BCUT2D eigenvalue weighted by Crippen LogP contribution is -2.14. The summed E-state index contributed by atoms with van der Waals surface area (Å²) in [4.78, 5) is 11.1. The van der Waals surface area contributed by atoms with Crippen LogP contribution in [-0.4, -0.2) is 33.5 Å². The van der Waals surface area contributed by atoms with Gasteiger partial charge in [0.2, 0.25) is 5.16 Å². The van der Waals surface area contributed by atoms with Gasteiger partial charge in [0.15, 0.2) is 0 Å². The Balaban J connectivity index is 1.65. The molecule has 12 heteroatoms. The van der Waals surface area contributed by atoms with Gasteiger partial charge >= 0.3 is 0 Å². The summed E-state index contributed by atoms with van der Waals surface area (Å²) in [5.74, 6) is 0. The van der Waals surface area contributed by atoms with E-state index in [1.165, 1.54) is 12.1 Å². The number of aromatic nitrogens is 4. The molecule has 1 aliphatic carbocycles. The molecule has 1 fully saturated rings. The first-order valence-corrected chi connectivity index (χ1v) is 11.4. The van der Waals surface area contributed by atoms with Crippen LogP contribution in [0.1, 0.15) is 30.0 Å². The molecular weight excluding hydrogens is 428 g/mol. The molecule has 0 unspecified atom stereocenters. The molecule has 0 atom stereocenters. The first-order valence-electron chi connectivity index (χ1n) is 9.09. The Hall–Kier alpha value is -2.99. The summed E-state index contributed by atoms with van der Waals surface area (Å²) >= 11 is 1.04. The molecule has 1 aromatic heterocycles. The second-order valence-electron chi connectivity index (χ2n) is 7.05. The fourth-order valence-corrected chi connectivity index (χ4v) is 5.00. The summed E-state index contributed by atoms with van der Waals surface area (Å²) in [6.45, 7) is 3.70. The van der Waals surface area contributed by atoms with Crippen LogP contribution in [0, 0.1) is 24.0 Å². The summed E-state index contributed by atoms with van der Waals surface area (Å²) in [5, 5.41) is 23.6. The molecular formula is C18H18N6O4S2. The van der Waals surface area contributed by atoms with Crippen LogP contribution in [0.15, 0.2) is 51.3 Å². The highest BCUT2D eigenvalue weighted by molar-refractivity contribution is 7.99. The van der Waals surface area contributed by atoms with E-state index in [0.717, 1.165) is 41.8 Å². The lowest BCUT2D eigenvalue weighted by Gasteiger charge is -2.12. The monoisotopic (exact) mass is 446 g/mol. The number of aryl methyl sites for hydroxylation is 2. The molecule has 0 spiro atoms. The number of tetrazole rings is 1. The number of hydrogen-bond acceptors (Lipinski definition) is 8. The van der Waals surface area contributed by atoms with Crippen LogP contribution in [0.5, 0.6) is 0 Å². The average molecular weight is 447 g/mol. The van der Waals surface area contributed by atoms with E-state index in [1.54, 1.807) is 23.7 Å². The van der Waals surface area contributed by atoms with Crippen molar-refractivity contribution in [3.63, 3.8) is 0 Å². The maximum Gasteiger partial charge on any atom is 0.284 e. The van der Waals surface area contributed by atoms with Gasteiger partial charge in [0.05, 0.1) is 26.4 Å². The molecule has 4 rings (SSSR count). The first kappa shape index (κ1) is 20.3. The Morgan fingerprint density at radius 1 is 1.20 bits per heavy atom. The van der Waals surface area contributed by atoms with Crippen LogP contribution in [0.4, 0.5) is 11.4 Å². The van der Waals surface area contributed by atoms with Gasteiger partial charge in [-0.1, -0.05) is 17.7 Å². The number of hydrogen-bond donors (Lipinski definition) is 1. The van der Waals surface area contributed by atoms with Gasteiger partial charge in [-0.15, -0.1) is 5.10 Å². The normalized spacial score (nSPS) is 13.9. The van der Waals surface area contributed by atoms with Crippen LogP contribution in [0.25, 0.3) is 0 Å². The zero-order chi connectivity index (χ0) is 21.5. The van der Waals surface area contributed by atoms with E-state index in [9.17, 15) is 18.5 Å². The highest BCUT2D eigenvalue weighted by Gasteiger charge is 2.30. The molecule has 1 saturated carbocycles. The number of nitro benzene ring substituents is 1. The van der Waals surface area contributed by atoms with Crippen molar-refractivity contribution in [2.45, 2.75) is 47.7 Å². The lowest BCUT2D eigenvalue weighted by molar-refractivity contribution is -0.388. The minimum Gasteiger partial charge on any atom is -0.279 e. The summed E-state index contributed by atoms with van der Waals surface area (Å²) < 4.78 is 29.8. The zero-order valence-corrected chi connectivity index (χ0v) is 17.8. The molecule has 30 heavy (non-hydrogen) atoms. The molecule has 1 aliphatic rings. The second kappa shape index (κ2) is 7.69. The maximum atomic E-state index is 12.8. The van der Waals surface area contributed by atoms with E-state index in [1.807, 2.05) is 13.0 Å². The molecule has 0 aliphatic heterocycles. The SMILES string of the molecule is Cc1ccc(NS(=O)(=O)c2ccc(Sc3nnnn3C3CC3)c([N+](=O)[O-])c2)c(C)c1. The third-order valence-corrected chi connectivity index (χ3v) is 7.00. The topological polar surface area (TPSA) is 133 Å². The molecule has 0 bridgehead atoms. The van der Waals surface area contributed by atoms with Crippen LogP contribution < -0.4 is 4.72 Å². The van der Waals surface area contributed by atoms with Gasteiger partial charge in [0.1, 0.15) is 0 Å². The quantitative estimate of drug-likeness (QED) is 0.431. The van der Waals surface area contributed by atoms with Gasteiger partial charge in [0, 0.05) is 6.07 Å². The van der Waals surface area contributed by atoms with Crippen molar-refractivity contribution in [2.24, 2.45) is 0 Å². The van der Waals surface area contributed by atoms with E-state index in [0.29, 0.717) is 10.8 Å². The summed E-state index contributed by atoms with van der Waals surface area (Å²) in [7, 11) is -4.00. The van der Waals surface area contributed by atoms with E-state index in [4.69, 9.17) is 0 Å². The molecule has 0 radical (unpaired) electrons. The highest BCUT2D eigenvalue weighted by Crippen LogP contribution is 2.40. The molecule has 0 amide bonds. The Bertz CT molecular complexity index is 1240. The molecule has 10 nitrogen and oxygen atoms in total. The van der Waals surface area contributed by atoms with Crippen molar-refractivity contribution in [1.29, 1.82) is 0 Å². The average Bonchev–Trinajstić information content (AvgIpc) is 3.43. The largest absolute Gasteiger partial charge is 0.284 e. The number of nitrogens with zero attached hydrogens (tertiary/aromatic N) is 5. The molecule has 1 heterocycles. The predicted octanol–water partition coefficient (Wildman–Crippen LogP) is 3.49. The zero-order valence-electron chi connectivity index (χ0n) is 16.1. The van der Waals surface area contributed by atoms with Crippen molar-refractivity contribution < 1.29 is 13.3 Å². The second-order valence-corrected chi connectivity index (χ2v) is 9.74. The van der Waals surface area contributed by atoms with Gasteiger partial charge in [-0.05, 0) is 72.6 Å². The van der Waals surface area contributed by atoms with Gasteiger partial charge in [-0.25, -0.2) is 13.1 Å². The van der Waals surface area contributed by atoms with Gasteiger partial charge in [-0.2, -0.15) is 0 Å². The minimum atomic E-state index is -4.00. The Morgan fingerprint density at radius 2 is 1.97 bits per heavy atom. The van der Waals surface area contributed by atoms with E-state index in [-0.39, 0.29) is 21.5 Å². The summed E-state index contributed by atoms with van der Waals surface area (Å²) in [6, 6.07) is 9.32. The number of rotatable bonds is 7. The molecule has 1 N–H and O–H groups in total. The van der Waals surface area contributed by atoms with Crippen LogP contribution >= 0.6 is 11.8 Å². The van der Waals surface area contributed by atoms with E-state index >= 15 is 0 Å². The Morgan fingerprint density at radius 3 is 2.63 bits per heavy atom. The van der Waals surface area contributed by atoms with E-state index < -0.39 is 14.9 Å². The lowest BCUT2D eigenvalue weighted by atomic mass is 10.1. The van der Waals surface area contributed by atoms with Gasteiger partial charge in [-0.3, -0.25) is 14.8 Å². The number of anilines is 1. The fourth-order valence-electron chi connectivity index (χ4n) is 2.92. The minimum absolute atomic E-state index is 0.194. The number of benzene rings is 2. The maximum absolute atomic E-state index is 12.8. The number of nitrogens with one attached hydrogen (secondary N) is 1. The fraction of sp³-hybridized carbons (Fsp3) is 0.278. The highest BCUT2D eigenvalue weighted by atomic mass is 32.2. The first-order chi connectivity index (χ1) is 14.2. The molecule has 3 aromatic rings. The van der Waals surface area contributed by atoms with Gasteiger partial charge in [0.25, 0.3) is 15.7 Å². The standard InChI is InChI=1S/C18H18N6O4S2/c1-11-3-7-15(12(2)9-11)20-30(27,28)14-6-8-17(16(10-14)24(25)26)29-18-19-21-22-23(18)13-4-5-13/h3,6-10,13,20H,4-5H2,1-2H3. The van der Waals surface area contributed by atoms with Crippen molar-refractivity contribution in [2.75, 3.05) is 4.72 Å². The van der Waals surface area contributed by atoms with Crippen LogP contribution in [-0.2, 0) is 10.0 Å². The summed E-state index contributed by atoms with van der Waals surface area (Å²) in [6.07, 6.45) is 1.92. The molecule has 2 aromatic carbocycles. The van der Waals surface area contributed by atoms with Crippen molar-refractivity contribution in [3.05, 3.63) is 57.6 Å². The number of sulfonamides is 1.